The largest absolute Gasteiger partial charge is 0.374 e. The molecule has 0 saturated heterocycles. The Hall–Kier alpha value is -2.29. The van der Waals surface area contributed by atoms with Gasteiger partial charge in [-0.3, -0.25) is 4.79 Å². The van der Waals surface area contributed by atoms with E-state index in [4.69, 9.17) is 0 Å². The van der Waals surface area contributed by atoms with Gasteiger partial charge in [0.05, 0.1) is 0 Å². The minimum Gasteiger partial charge on any atom is -0.374 e. The summed E-state index contributed by atoms with van der Waals surface area (Å²) in [7, 11) is 0. The van der Waals surface area contributed by atoms with Crippen molar-refractivity contribution >= 4 is 17.3 Å². The third kappa shape index (κ3) is 3.67. The third-order valence-electron chi connectivity index (χ3n) is 4.01. The summed E-state index contributed by atoms with van der Waals surface area (Å²) in [5.74, 6) is -0.0344. The van der Waals surface area contributed by atoms with Crippen molar-refractivity contribution in [2.45, 2.75) is 40.7 Å². The molecule has 2 aromatic carbocycles. The molecule has 2 N–H and O–H groups in total. The maximum absolute atomic E-state index is 12.4. The van der Waals surface area contributed by atoms with Crippen molar-refractivity contribution in [3.05, 3.63) is 58.7 Å². The lowest BCUT2D eigenvalue weighted by Gasteiger charge is -2.18. The van der Waals surface area contributed by atoms with E-state index in [2.05, 4.69) is 36.6 Å². The molecule has 2 aromatic rings. The van der Waals surface area contributed by atoms with Crippen molar-refractivity contribution < 1.29 is 4.79 Å². The summed E-state index contributed by atoms with van der Waals surface area (Å²) >= 11 is 0. The number of hydrogen-bond donors (Lipinski definition) is 2. The summed E-state index contributed by atoms with van der Waals surface area (Å²) in [5.41, 5.74) is 6.53. The second-order valence-corrected chi connectivity index (χ2v) is 5.92. The fourth-order valence-electron chi connectivity index (χ4n) is 2.40. The Balaban J connectivity index is 2.07. The molecule has 0 bridgehead atoms. The fraction of sp³-hybridized carbons (Fsp3) is 0.316. The van der Waals surface area contributed by atoms with Crippen LogP contribution < -0.4 is 10.6 Å². The van der Waals surface area contributed by atoms with Crippen molar-refractivity contribution in [1.82, 2.24) is 0 Å². The van der Waals surface area contributed by atoms with Gasteiger partial charge in [-0.2, -0.15) is 0 Å². The normalized spacial score (nSPS) is 11.9. The van der Waals surface area contributed by atoms with Crippen molar-refractivity contribution in [1.29, 1.82) is 0 Å². The lowest BCUT2D eigenvalue weighted by atomic mass is 10.1. The predicted molar refractivity (Wildman–Crippen MR) is 93.5 cm³/mol. The molecule has 22 heavy (non-hydrogen) atoms. The molecular formula is C19H24N2O. The topological polar surface area (TPSA) is 41.1 Å². The van der Waals surface area contributed by atoms with Crippen LogP contribution in [0.3, 0.4) is 0 Å². The van der Waals surface area contributed by atoms with Crippen LogP contribution in [0.15, 0.2) is 36.4 Å². The van der Waals surface area contributed by atoms with Crippen LogP contribution in [-0.2, 0) is 4.79 Å². The maximum Gasteiger partial charge on any atom is 0.246 e. The van der Waals surface area contributed by atoms with E-state index in [1.54, 1.807) is 0 Å². The fourth-order valence-corrected chi connectivity index (χ4v) is 2.40. The molecular weight excluding hydrogens is 272 g/mol. The zero-order chi connectivity index (χ0) is 16.3. The van der Waals surface area contributed by atoms with Crippen molar-refractivity contribution in [2.24, 2.45) is 0 Å². The minimum absolute atomic E-state index is 0.0344. The van der Waals surface area contributed by atoms with Crippen LogP contribution in [0.1, 0.15) is 29.2 Å². The van der Waals surface area contributed by atoms with E-state index in [0.717, 1.165) is 16.9 Å². The number of carbonyl (C=O) groups excluding carboxylic acids is 1. The van der Waals surface area contributed by atoms with Gasteiger partial charge in [0.2, 0.25) is 5.91 Å². The van der Waals surface area contributed by atoms with E-state index in [1.165, 1.54) is 16.7 Å². The molecule has 0 aliphatic rings. The number of hydrogen-bond acceptors (Lipinski definition) is 2. The molecule has 0 aromatic heterocycles. The number of rotatable bonds is 4. The van der Waals surface area contributed by atoms with Gasteiger partial charge in [0.1, 0.15) is 6.04 Å². The zero-order valence-electron chi connectivity index (χ0n) is 13.9. The zero-order valence-corrected chi connectivity index (χ0v) is 13.9. The molecule has 0 heterocycles. The van der Waals surface area contributed by atoms with Crippen LogP contribution in [0.4, 0.5) is 11.4 Å². The summed E-state index contributed by atoms with van der Waals surface area (Å²) in [4.78, 5) is 12.4. The summed E-state index contributed by atoms with van der Waals surface area (Å²) in [5, 5.41) is 6.28. The molecule has 1 amide bonds. The highest BCUT2D eigenvalue weighted by molar-refractivity contribution is 5.97. The van der Waals surface area contributed by atoms with Crippen LogP contribution in [0.5, 0.6) is 0 Å². The second kappa shape index (κ2) is 6.65. The van der Waals surface area contributed by atoms with Crippen LogP contribution in [0.25, 0.3) is 0 Å². The number of amides is 1. The number of anilines is 2. The molecule has 0 saturated carbocycles. The van der Waals surface area contributed by atoms with Gasteiger partial charge in [-0.15, -0.1) is 0 Å². The summed E-state index contributed by atoms with van der Waals surface area (Å²) < 4.78 is 0. The van der Waals surface area contributed by atoms with E-state index in [9.17, 15) is 4.79 Å². The van der Waals surface area contributed by atoms with Gasteiger partial charge in [-0.1, -0.05) is 29.8 Å². The first-order valence-corrected chi connectivity index (χ1v) is 7.59. The summed E-state index contributed by atoms with van der Waals surface area (Å²) in [6.07, 6.45) is 0. The van der Waals surface area contributed by atoms with Crippen LogP contribution in [0.2, 0.25) is 0 Å². The van der Waals surface area contributed by atoms with Gasteiger partial charge in [0.15, 0.2) is 0 Å². The lowest BCUT2D eigenvalue weighted by Crippen LogP contribution is -2.32. The molecule has 0 radical (unpaired) electrons. The van der Waals surface area contributed by atoms with E-state index < -0.39 is 0 Å². The predicted octanol–water partition coefficient (Wildman–Crippen LogP) is 4.36. The number of carbonyl (C=O) groups is 1. The first-order chi connectivity index (χ1) is 10.4. The minimum atomic E-state index is -0.304. The van der Waals surface area contributed by atoms with E-state index >= 15 is 0 Å². The molecule has 0 aliphatic heterocycles. The first kappa shape index (κ1) is 16.1. The molecule has 1 unspecified atom stereocenters. The average Bonchev–Trinajstić information content (AvgIpc) is 2.46. The quantitative estimate of drug-likeness (QED) is 0.880. The van der Waals surface area contributed by atoms with Crippen molar-refractivity contribution in [3.63, 3.8) is 0 Å². The molecule has 2 rings (SSSR count). The average molecular weight is 296 g/mol. The van der Waals surface area contributed by atoms with E-state index in [0.29, 0.717) is 0 Å². The Bertz CT molecular complexity index is 692. The Morgan fingerprint density at radius 3 is 2.36 bits per heavy atom. The highest BCUT2D eigenvalue weighted by atomic mass is 16.2. The van der Waals surface area contributed by atoms with Gasteiger partial charge in [-0.25, -0.2) is 0 Å². The van der Waals surface area contributed by atoms with E-state index in [-0.39, 0.29) is 11.9 Å². The van der Waals surface area contributed by atoms with Crippen molar-refractivity contribution in [2.75, 3.05) is 10.6 Å². The molecule has 116 valence electrons. The van der Waals surface area contributed by atoms with Gasteiger partial charge in [-0.05, 0) is 63.4 Å². The molecule has 0 fully saturated rings. The van der Waals surface area contributed by atoms with E-state index in [1.807, 2.05) is 45.0 Å². The number of aryl methyl sites for hydroxylation is 3. The lowest BCUT2D eigenvalue weighted by molar-refractivity contribution is -0.116. The molecule has 0 aliphatic carbocycles. The highest BCUT2D eigenvalue weighted by Crippen LogP contribution is 2.20. The molecule has 3 heteroatoms. The Kier molecular flexibility index (Phi) is 4.86. The monoisotopic (exact) mass is 296 g/mol. The van der Waals surface area contributed by atoms with Gasteiger partial charge in [0, 0.05) is 11.4 Å². The van der Waals surface area contributed by atoms with Gasteiger partial charge in [0.25, 0.3) is 0 Å². The standard InChI is InChI=1S/C19H24N2O/c1-12-9-10-17(14(3)11-12)21-19(22)16(5)20-18-8-6-7-13(2)15(18)4/h6-11,16,20H,1-5H3,(H,21,22). The third-order valence-corrected chi connectivity index (χ3v) is 4.01. The van der Waals surface area contributed by atoms with Gasteiger partial charge >= 0.3 is 0 Å². The first-order valence-electron chi connectivity index (χ1n) is 7.59. The van der Waals surface area contributed by atoms with Crippen LogP contribution in [0, 0.1) is 27.7 Å². The molecule has 3 nitrogen and oxygen atoms in total. The van der Waals surface area contributed by atoms with Gasteiger partial charge < -0.3 is 10.6 Å². The second-order valence-electron chi connectivity index (χ2n) is 5.92. The molecule has 1 atom stereocenters. The Morgan fingerprint density at radius 2 is 1.68 bits per heavy atom. The SMILES string of the molecule is Cc1ccc(NC(=O)C(C)Nc2cccc(C)c2C)c(C)c1. The Morgan fingerprint density at radius 1 is 0.955 bits per heavy atom. The highest BCUT2D eigenvalue weighted by Gasteiger charge is 2.14. The molecule has 0 spiro atoms. The number of nitrogens with one attached hydrogen (secondary N) is 2. The smallest absolute Gasteiger partial charge is 0.246 e. The maximum atomic E-state index is 12.4. The van der Waals surface area contributed by atoms with Crippen LogP contribution in [-0.4, -0.2) is 11.9 Å². The summed E-state index contributed by atoms with van der Waals surface area (Å²) in [6.45, 7) is 10.1. The number of benzene rings is 2. The Labute approximate surface area is 132 Å². The van der Waals surface area contributed by atoms with Crippen molar-refractivity contribution in [3.8, 4) is 0 Å². The summed E-state index contributed by atoms with van der Waals surface area (Å²) in [6, 6.07) is 11.8. The van der Waals surface area contributed by atoms with Crippen LogP contribution >= 0.6 is 0 Å².